The highest BCUT2D eigenvalue weighted by molar-refractivity contribution is 5.84. The third-order valence-electron chi connectivity index (χ3n) is 6.79. The molecule has 5 heteroatoms. The van der Waals surface area contributed by atoms with Gasteiger partial charge in [0.2, 0.25) is 11.8 Å². The van der Waals surface area contributed by atoms with Gasteiger partial charge in [0.25, 0.3) is 0 Å². The fraction of sp³-hybridized carbons (Fsp3) is 0.895. The van der Waals surface area contributed by atoms with Gasteiger partial charge in [0.1, 0.15) is 0 Å². The summed E-state index contributed by atoms with van der Waals surface area (Å²) in [5.74, 6) is 2.56. The summed E-state index contributed by atoms with van der Waals surface area (Å²) < 4.78 is 0. The number of aliphatic hydroxyl groups is 1. The first kappa shape index (κ1) is 16.4. The number of hydrogen-bond acceptors (Lipinski definition) is 3. The van der Waals surface area contributed by atoms with E-state index < -0.39 is 0 Å². The van der Waals surface area contributed by atoms with Crippen LogP contribution in [0.5, 0.6) is 0 Å². The Morgan fingerprint density at radius 1 is 1.04 bits per heavy atom. The van der Waals surface area contributed by atoms with E-state index in [4.69, 9.17) is 5.11 Å². The highest BCUT2D eigenvalue weighted by Gasteiger charge is 2.54. The molecule has 0 aromatic heterocycles. The van der Waals surface area contributed by atoms with Crippen molar-refractivity contribution in [2.75, 3.05) is 19.7 Å². The summed E-state index contributed by atoms with van der Waals surface area (Å²) >= 11 is 0. The summed E-state index contributed by atoms with van der Waals surface area (Å²) in [6, 6.07) is 0.323. The lowest BCUT2D eigenvalue weighted by atomic mass is 9.49. The zero-order valence-electron chi connectivity index (χ0n) is 14.5. The molecule has 0 atom stereocenters. The number of carbonyl (C=O) groups excluding carboxylic acids is 2. The molecule has 24 heavy (non-hydrogen) atoms. The zero-order valence-corrected chi connectivity index (χ0v) is 14.5. The molecule has 0 radical (unpaired) electrons. The molecule has 5 aliphatic carbocycles. The van der Waals surface area contributed by atoms with Gasteiger partial charge in [0, 0.05) is 31.0 Å². The molecule has 134 valence electrons. The third-order valence-corrected chi connectivity index (χ3v) is 6.79. The Morgan fingerprint density at radius 3 is 2.12 bits per heavy atom. The molecule has 5 nitrogen and oxygen atoms in total. The van der Waals surface area contributed by atoms with E-state index in [1.165, 1.54) is 19.3 Å². The maximum atomic E-state index is 12.8. The van der Waals surface area contributed by atoms with E-state index in [0.717, 1.165) is 49.9 Å². The lowest BCUT2D eigenvalue weighted by molar-refractivity contribution is -0.146. The number of nitrogens with one attached hydrogen (secondary N) is 1. The van der Waals surface area contributed by atoms with Crippen molar-refractivity contribution in [3.05, 3.63) is 0 Å². The molecule has 5 rings (SSSR count). The third kappa shape index (κ3) is 3.07. The lowest BCUT2D eigenvalue weighted by Gasteiger charge is -2.55. The van der Waals surface area contributed by atoms with Gasteiger partial charge in [0.05, 0.1) is 6.61 Å². The first-order valence-corrected chi connectivity index (χ1v) is 9.78. The molecule has 0 aromatic rings. The molecule has 0 aromatic carbocycles. The molecular formula is C19H30N2O3. The number of amides is 2. The van der Waals surface area contributed by atoms with E-state index in [1.807, 2.05) is 0 Å². The maximum absolute atomic E-state index is 12.8. The van der Waals surface area contributed by atoms with Gasteiger partial charge in [0.15, 0.2) is 0 Å². The number of hydrogen-bond donors (Lipinski definition) is 2. The first-order chi connectivity index (χ1) is 11.6. The fourth-order valence-electron chi connectivity index (χ4n) is 6.01. The average molecular weight is 334 g/mol. The van der Waals surface area contributed by atoms with Crippen LogP contribution in [0.3, 0.4) is 0 Å². The van der Waals surface area contributed by atoms with Crippen LogP contribution in [0.15, 0.2) is 0 Å². The molecule has 0 unspecified atom stereocenters. The van der Waals surface area contributed by atoms with E-state index in [2.05, 4.69) is 5.32 Å². The van der Waals surface area contributed by atoms with Crippen LogP contribution >= 0.6 is 0 Å². The Labute approximate surface area is 144 Å². The number of nitrogens with zero attached hydrogens (tertiary/aromatic N) is 1. The molecule has 2 N–H and O–H groups in total. The molecule has 4 bridgehead atoms. The smallest absolute Gasteiger partial charge is 0.226 e. The van der Waals surface area contributed by atoms with Gasteiger partial charge in [-0.3, -0.25) is 9.59 Å². The quantitative estimate of drug-likeness (QED) is 0.744. The summed E-state index contributed by atoms with van der Waals surface area (Å²) in [7, 11) is 0. The van der Waals surface area contributed by atoms with Gasteiger partial charge in [-0.25, -0.2) is 0 Å². The van der Waals surface area contributed by atoms with Crippen LogP contribution < -0.4 is 5.32 Å². The number of carbonyl (C=O) groups is 2. The van der Waals surface area contributed by atoms with E-state index in [0.29, 0.717) is 25.6 Å². The molecule has 5 saturated carbocycles. The SMILES string of the molecule is O=C(CCNC(=O)C12CC3CC(CC(C3)C1)C2)N(CCO)C1CC1. The first-order valence-electron chi connectivity index (χ1n) is 9.78. The van der Waals surface area contributed by atoms with Gasteiger partial charge >= 0.3 is 0 Å². The molecular weight excluding hydrogens is 304 g/mol. The largest absolute Gasteiger partial charge is 0.395 e. The van der Waals surface area contributed by atoms with Gasteiger partial charge in [-0.1, -0.05) is 0 Å². The predicted molar refractivity (Wildman–Crippen MR) is 90.1 cm³/mol. The van der Waals surface area contributed by atoms with Gasteiger partial charge in [-0.2, -0.15) is 0 Å². The molecule has 0 heterocycles. The second-order valence-electron chi connectivity index (χ2n) is 8.75. The Hall–Kier alpha value is -1.10. The van der Waals surface area contributed by atoms with Crippen molar-refractivity contribution in [1.29, 1.82) is 0 Å². The van der Waals surface area contributed by atoms with Crippen LogP contribution in [0.25, 0.3) is 0 Å². The number of rotatable bonds is 7. The van der Waals surface area contributed by atoms with E-state index >= 15 is 0 Å². The van der Waals surface area contributed by atoms with Crippen molar-refractivity contribution in [2.24, 2.45) is 23.2 Å². The lowest BCUT2D eigenvalue weighted by Crippen LogP contribution is -2.53. The molecule has 0 saturated heterocycles. The van der Waals surface area contributed by atoms with Crippen molar-refractivity contribution in [1.82, 2.24) is 10.2 Å². The highest BCUT2D eigenvalue weighted by atomic mass is 16.3. The highest BCUT2D eigenvalue weighted by Crippen LogP contribution is 2.60. The minimum atomic E-state index is -0.126. The topological polar surface area (TPSA) is 69.6 Å². The van der Waals surface area contributed by atoms with Crippen LogP contribution in [0.1, 0.15) is 57.8 Å². The fourth-order valence-corrected chi connectivity index (χ4v) is 6.01. The van der Waals surface area contributed by atoms with Crippen molar-refractivity contribution in [3.8, 4) is 0 Å². The van der Waals surface area contributed by atoms with Gasteiger partial charge < -0.3 is 15.3 Å². The van der Waals surface area contributed by atoms with Crippen LogP contribution in [-0.4, -0.2) is 47.6 Å². The average Bonchev–Trinajstić information content (AvgIpc) is 3.35. The minimum Gasteiger partial charge on any atom is -0.395 e. The van der Waals surface area contributed by atoms with Crippen LogP contribution in [0.4, 0.5) is 0 Å². The Balaban J connectivity index is 1.28. The van der Waals surface area contributed by atoms with Crippen molar-refractivity contribution >= 4 is 11.8 Å². The molecule has 0 spiro atoms. The summed E-state index contributed by atoms with van der Waals surface area (Å²) in [6.07, 6.45) is 9.66. The summed E-state index contributed by atoms with van der Waals surface area (Å²) in [5, 5.41) is 12.2. The Morgan fingerprint density at radius 2 is 1.62 bits per heavy atom. The van der Waals surface area contributed by atoms with Crippen molar-refractivity contribution in [3.63, 3.8) is 0 Å². The number of aliphatic hydroxyl groups excluding tert-OH is 1. The second-order valence-corrected chi connectivity index (χ2v) is 8.75. The monoisotopic (exact) mass is 334 g/mol. The molecule has 0 aliphatic heterocycles. The summed E-state index contributed by atoms with van der Waals surface area (Å²) in [4.78, 5) is 26.9. The Bertz CT molecular complexity index is 479. The Kier molecular flexibility index (Phi) is 4.31. The standard InChI is InChI=1S/C19H30N2O3/c22-6-5-21(16-1-2-16)17(23)3-4-20-18(24)19-10-13-7-14(11-19)9-15(8-13)12-19/h13-16,22H,1-12H2,(H,20,24). The van der Waals surface area contributed by atoms with Crippen LogP contribution in [0.2, 0.25) is 0 Å². The zero-order chi connectivity index (χ0) is 16.7. The van der Waals surface area contributed by atoms with E-state index in [1.54, 1.807) is 4.90 Å². The maximum Gasteiger partial charge on any atom is 0.226 e. The normalized spacial score (nSPS) is 36.6. The van der Waals surface area contributed by atoms with E-state index in [9.17, 15) is 9.59 Å². The molecule has 5 fully saturated rings. The minimum absolute atomic E-state index is 0.0157. The second kappa shape index (κ2) is 6.32. The van der Waals surface area contributed by atoms with Crippen molar-refractivity contribution < 1.29 is 14.7 Å². The van der Waals surface area contributed by atoms with Crippen LogP contribution in [-0.2, 0) is 9.59 Å². The summed E-state index contributed by atoms with van der Waals surface area (Å²) in [6.45, 7) is 0.877. The van der Waals surface area contributed by atoms with Gasteiger partial charge in [-0.05, 0) is 69.1 Å². The van der Waals surface area contributed by atoms with Crippen LogP contribution in [0, 0.1) is 23.2 Å². The van der Waals surface area contributed by atoms with Gasteiger partial charge in [-0.15, -0.1) is 0 Å². The van der Waals surface area contributed by atoms with Crippen molar-refractivity contribution in [2.45, 2.75) is 63.8 Å². The summed E-state index contributed by atoms with van der Waals surface area (Å²) in [5.41, 5.74) is -0.126. The molecule has 5 aliphatic rings. The predicted octanol–water partition coefficient (Wildman–Crippen LogP) is 1.69. The molecule has 2 amide bonds. The van der Waals surface area contributed by atoms with E-state index in [-0.39, 0.29) is 23.8 Å².